The Morgan fingerprint density at radius 2 is 2.18 bits per heavy atom. The van der Waals surface area contributed by atoms with Crippen molar-refractivity contribution in [2.75, 3.05) is 6.61 Å². The highest BCUT2D eigenvalue weighted by atomic mass is 19.1. The van der Waals surface area contributed by atoms with Gasteiger partial charge in [0, 0.05) is 12.6 Å². The standard InChI is InChI=1S/C12H15F2NO2/c1-8(3-2-6-16)15-12(17)10-7-9(13)4-5-11(10)14/h4-5,7-8,16H,2-3,6H2,1H3,(H,15,17). The van der Waals surface area contributed by atoms with Gasteiger partial charge < -0.3 is 10.4 Å². The maximum Gasteiger partial charge on any atom is 0.254 e. The lowest BCUT2D eigenvalue weighted by Gasteiger charge is -2.13. The Morgan fingerprint density at radius 1 is 1.47 bits per heavy atom. The van der Waals surface area contributed by atoms with Crippen LogP contribution in [0.25, 0.3) is 0 Å². The van der Waals surface area contributed by atoms with Gasteiger partial charge in [0.05, 0.1) is 5.56 Å². The minimum absolute atomic E-state index is 0.0362. The smallest absolute Gasteiger partial charge is 0.254 e. The Kier molecular flexibility index (Phi) is 5.03. The number of aliphatic hydroxyl groups is 1. The molecule has 0 spiro atoms. The first-order valence-corrected chi connectivity index (χ1v) is 5.41. The van der Waals surface area contributed by atoms with Gasteiger partial charge in [0.1, 0.15) is 11.6 Å². The van der Waals surface area contributed by atoms with E-state index in [1.54, 1.807) is 6.92 Å². The zero-order valence-corrected chi connectivity index (χ0v) is 9.54. The van der Waals surface area contributed by atoms with Crippen LogP contribution < -0.4 is 5.32 Å². The maximum atomic E-state index is 13.3. The van der Waals surface area contributed by atoms with Gasteiger partial charge in [0.15, 0.2) is 0 Å². The van der Waals surface area contributed by atoms with Crippen molar-refractivity contribution in [3.05, 3.63) is 35.4 Å². The van der Waals surface area contributed by atoms with Crippen molar-refractivity contribution in [3.8, 4) is 0 Å². The van der Waals surface area contributed by atoms with Crippen LogP contribution in [-0.2, 0) is 0 Å². The molecule has 1 rings (SSSR count). The highest BCUT2D eigenvalue weighted by molar-refractivity contribution is 5.94. The summed E-state index contributed by atoms with van der Waals surface area (Å²) in [5, 5.41) is 11.2. The summed E-state index contributed by atoms with van der Waals surface area (Å²) in [5.41, 5.74) is -0.305. The van der Waals surface area contributed by atoms with E-state index in [0.717, 1.165) is 18.2 Å². The molecular formula is C12H15F2NO2. The lowest BCUT2D eigenvalue weighted by atomic mass is 10.1. The fourth-order valence-corrected chi connectivity index (χ4v) is 1.44. The average molecular weight is 243 g/mol. The van der Waals surface area contributed by atoms with E-state index in [9.17, 15) is 13.6 Å². The van der Waals surface area contributed by atoms with Crippen LogP contribution in [0.5, 0.6) is 0 Å². The summed E-state index contributed by atoms with van der Waals surface area (Å²) in [4.78, 5) is 11.6. The van der Waals surface area contributed by atoms with Crippen molar-refractivity contribution in [2.24, 2.45) is 0 Å². The Hall–Kier alpha value is -1.49. The average Bonchev–Trinajstić information content (AvgIpc) is 2.29. The number of rotatable bonds is 5. The second kappa shape index (κ2) is 6.30. The molecule has 5 heteroatoms. The minimum atomic E-state index is -0.752. The van der Waals surface area contributed by atoms with E-state index in [0.29, 0.717) is 12.8 Å². The van der Waals surface area contributed by atoms with Crippen molar-refractivity contribution >= 4 is 5.91 Å². The summed E-state index contributed by atoms with van der Waals surface area (Å²) in [7, 11) is 0. The van der Waals surface area contributed by atoms with Gasteiger partial charge in [0.2, 0.25) is 0 Å². The van der Waals surface area contributed by atoms with Crippen LogP contribution in [0.3, 0.4) is 0 Å². The summed E-state index contributed by atoms with van der Waals surface area (Å²) in [6.07, 6.45) is 1.13. The molecule has 0 saturated heterocycles. The van der Waals surface area contributed by atoms with E-state index < -0.39 is 17.5 Å². The molecule has 1 aromatic carbocycles. The predicted molar refractivity (Wildman–Crippen MR) is 59.6 cm³/mol. The molecule has 0 aliphatic heterocycles. The van der Waals surface area contributed by atoms with Gasteiger partial charge >= 0.3 is 0 Å². The number of halogens is 2. The first-order valence-electron chi connectivity index (χ1n) is 5.41. The summed E-state index contributed by atoms with van der Waals surface area (Å²) >= 11 is 0. The Labute approximate surface area is 98.5 Å². The van der Waals surface area contributed by atoms with Crippen molar-refractivity contribution in [2.45, 2.75) is 25.8 Å². The number of amides is 1. The van der Waals surface area contributed by atoms with Crippen LogP contribution in [0, 0.1) is 11.6 Å². The highest BCUT2D eigenvalue weighted by Gasteiger charge is 2.14. The summed E-state index contributed by atoms with van der Waals surface area (Å²) < 4.78 is 26.1. The molecule has 17 heavy (non-hydrogen) atoms. The van der Waals surface area contributed by atoms with Crippen LogP contribution >= 0.6 is 0 Å². The van der Waals surface area contributed by atoms with Crippen molar-refractivity contribution in [1.82, 2.24) is 5.32 Å². The number of nitrogens with one attached hydrogen (secondary N) is 1. The van der Waals surface area contributed by atoms with Crippen molar-refractivity contribution in [1.29, 1.82) is 0 Å². The lowest BCUT2D eigenvalue weighted by Crippen LogP contribution is -2.33. The van der Waals surface area contributed by atoms with Crippen LogP contribution in [-0.4, -0.2) is 23.7 Å². The van der Waals surface area contributed by atoms with Gasteiger partial charge in [0.25, 0.3) is 5.91 Å². The first-order chi connectivity index (χ1) is 8.04. The summed E-state index contributed by atoms with van der Waals surface area (Å²) in [5.74, 6) is -2.05. The molecule has 0 heterocycles. The van der Waals surface area contributed by atoms with Crippen LogP contribution in [0.15, 0.2) is 18.2 Å². The zero-order valence-electron chi connectivity index (χ0n) is 9.54. The van der Waals surface area contributed by atoms with Crippen molar-refractivity contribution in [3.63, 3.8) is 0 Å². The number of aliphatic hydroxyl groups excluding tert-OH is 1. The van der Waals surface area contributed by atoms with E-state index in [2.05, 4.69) is 5.32 Å². The number of hydrogen-bond donors (Lipinski definition) is 2. The third-order valence-corrected chi connectivity index (χ3v) is 2.35. The van der Waals surface area contributed by atoms with Gasteiger partial charge in [-0.05, 0) is 38.0 Å². The van der Waals surface area contributed by atoms with Gasteiger partial charge in [-0.3, -0.25) is 4.79 Å². The number of carbonyl (C=O) groups excluding carboxylic acids is 1. The SMILES string of the molecule is CC(CCCO)NC(=O)c1cc(F)ccc1F. The quantitative estimate of drug-likeness (QED) is 0.829. The first kappa shape index (κ1) is 13.6. The van der Waals surface area contributed by atoms with Crippen LogP contribution in [0.4, 0.5) is 8.78 Å². The van der Waals surface area contributed by atoms with Crippen LogP contribution in [0.2, 0.25) is 0 Å². The molecule has 1 amide bonds. The Morgan fingerprint density at radius 3 is 2.82 bits per heavy atom. The minimum Gasteiger partial charge on any atom is -0.396 e. The van der Waals surface area contributed by atoms with Crippen LogP contribution in [0.1, 0.15) is 30.1 Å². The molecule has 1 unspecified atom stereocenters. The fraction of sp³-hybridized carbons (Fsp3) is 0.417. The largest absolute Gasteiger partial charge is 0.396 e. The van der Waals surface area contributed by atoms with E-state index in [1.165, 1.54) is 0 Å². The molecule has 0 aromatic heterocycles. The summed E-state index contributed by atoms with van der Waals surface area (Å²) in [6.45, 7) is 1.78. The molecule has 0 bridgehead atoms. The third-order valence-electron chi connectivity index (χ3n) is 2.35. The third kappa shape index (κ3) is 4.11. The fourth-order valence-electron chi connectivity index (χ4n) is 1.44. The van der Waals surface area contributed by atoms with E-state index in [-0.39, 0.29) is 18.2 Å². The summed E-state index contributed by atoms with van der Waals surface area (Å²) in [6, 6.07) is 2.55. The Balaban J connectivity index is 2.66. The second-order valence-corrected chi connectivity index (χ2v) is 3.86. The molecular weight excluding hydrogens is 228 g/mol. The van der Waals surface area contributed by atoms with Gasteiger partial charge in [-0.25, -0.2) is 8.78 Å². The molecule has 1 aromatic rings. The number of hydrogen-bond acceptors (Lipinski definition) is 2. The zero-order chi connectivity index (χ0) is 12.8. The van der Waals surface area contributed by atoms with Crippen molar-refractivity contribution < 1.29 is 18.7 Å². The maximum absolute atomic E-state index is 13.3. The molecule has 0 radical (unpaired) electrons. The van der Waals surface area contributed by atoms with E-state index in [4.69, 9.17) is 5.11 Å². The molecule has 0 aliphatic rings. The molecule has 0 fully saturated rings. The topological polar surface area (TPSA) is 49.3 Å². The number of benzene rings is 1. The highest BCUT2D eigenvalue weighted by Crippen LogP contribution is 2.10. The van der Waals surface area contributed by atoms with Gasteiger partial charge in [-0.15, -0.1) is 0 Å². The van der Waals surface area contributed by atoms with Gasteiger partial charge in [-0.1, -0.05) is 0 Å². The molecule has 0 saturated carbocycles. The molecule has 1 atom stereocenters. The normalized spacial score (nSPS) is 12.2. The Bertz CT molecular complexity index is 396. The number of carbonyl (C=O) groups is 1. The monoisotopic (exact) mass is 243 g/mol. The predicted octanol–water partition coefficient (Wildman–Crippen LogP) is 1.86. The van der Waals surface area contributed by atoms with Gasteiger partial charge in [-0.2, -0.15) is 0 Å². The molecule has 3 nitrogen and oxygen atoms in total. The lowest BCUT2D eigenvalue weighted by molar-refractivity contribution is 0.0932. The molecule has 94 valence electrons. The molecule has 0 aliphatic carbocycles. The van der Waals surface area contributed by atoms with E-state index >= 15 is 0 Å². The second-order valence-electron chi connectivity index (χ2n) is 3.86. The van der Waals surface area contributed by atoms with E-state index in [1.807, 2.05) is 0 Å². The molecule has 2 N–H and O–H groups in total.